The third kappa shape index (κ3) is 2.74. The lowest BCUT2D eigenvalue weighted by atomic mass is 9.96. The highest BCUT2D eigenvalue weighted by Gasteiger charge is 2.22. The van der Waals surface area contributed by atoms with Crippen LogP contribution in [0.3, 0.4) is 0 Å². The Morgan fingerprint density at radius 1 is 1.27 bits per heavy atom. The predicted molar refractivity (Wildman–Crippen MR) is 59.0 cm³/mol. The number of hydrazine groups is 1. The standard InChI is InChI=1S/C10H13BrF2N2/c1-5(2)10(15-14)9-7(12)3-6(11)4-8(9)13/h3-5,10,15H,14H2,1-2H3. The van der Waals surface area contributed by atoms with Crippen molar-refractivity contribution in [2.45, 2.75) is 19.9 Å². The molecule has 0 amide bonds. The molecule has 1 unspecified atom stereocenters. The van der Waals surface area contributed by atoms with E-state index in [9.17, 15) is 8.78 Å². The molecule has 0 saturated carbocycles. The lowest BCUT2D eigenvalue weighted by Gasteiger charge is -2.21. The van der Waals surface area contributed by atoms with E-state index in [1.54, 1.807) is 0 Å². The molecule has 1 aromatic rings. The van der Waals surface area contributed by atoms with Crippen LogP contribution in [0.15, 0.2) is 16.6 Å². The highest BCUT2D eigenvalue weighted by atomic mass is 79.9. The van der Waals surface area contributed by atoms with Gasteiger partial charge in [-0.3, -0.25) is 11.3 Å². The van der Waals surface area contributed by atoms with Crippen LogP contribution in [-0.2, 0) is 0 Å². The molecular weight excluding hydrogens is 266 g/mol. The molecule has 3 N–H and O–H groups in total. The van der Waals surface area contributed by atoms with E-state index in [2.05, 4.69) is 21.4 Å². The fourth-order valence-corrected chi connectivity index (χ4v) is 1.86. The van der Waals surface area contributed by atoms with E-state index >= 15 is 0 Å². The van der Waals surface area contributed by atoms with Crippen molar-refractivity contribution in [3.8, 4) is 0 Å². The Bertz CT molecular complexity index is 332. The molecule has 0 aromatic heterocycles. The fraction of sp³-hybridized carbons (Fsp3) is 0.400. The van der Waals surface area contributed by atoms with Gasteiger partial charge < -0.3 is 0 Å². The molecule has 0 aliphatic heterocycles. The van der Waals surface area contributed by atoms with Crippen LogP contribution in [0.1, 0.15) is 25.5 Å². The van der Waals surface area contributed by atoms with Gasteiger partial charge in [0.05, 0.1) is 6.04 Å². The maximum absolute atomic E-state index is 13.5. The SMILES string of the molecule is CC(C)C(NN)c1c(F)cc(Br)cc1F. The number of hydrogen-bond donors (Lipinski definition) is 2. The maximum Gasteiger partial charge on any atom is 0.132 e. The first-order valence-corrected chi connectivity index (χ1v) is 5.37. The molecule has 1 rings (SSSR count). The molecule has 0 bridgehead atoms. The Hall–Kier alpha value is -0.520. The van der Waals surface area contributed by atoms with Crippen LogP contribution in [0, 0.1) is 17.6 Å². The first kappa shape index (κ1) is 12.5. The minimum atomic E-state index is -0.599. The smallest absolute Gasteiger partial charge is 0.132 e. The van der Waals surface area contributed by atoms with Crippen LogP contribution < -0.4 is 11.3 Å². The largest absolute Gasteiger partial charge is 0.271 e. The first-order chi connectivity index (χ1) is 6.97. The minimum Gasteiger partial charge on any atom is -0.271 e. The summed E-state index contributed by atoms with van der Waals surface area (Å²) in [5.74, 6) is 4.09. The molecule has 2 nitrogen and oxygen atoms in total. The Morgan fingerprint density at radius 2 is 1.73 bits per heavy atom. The minimum absolute atomic E-state index is 0.000163. The van der Waals surface area contributed by atoms with Gasteiger partial charge in [0.2, 0.25) is 0 Å². The molecule has 84 valence electrons. The van der Waals surface area contributed by atoms with Crippen molar-refractivity contribution in [1.82, 2.24) is 5.43 Å². The Labute approximate surface area is 95.9 Å². The van der Waals surface area contributed by atoms with Crippen molar-refractivity contribution < 1.29 is 8.78 Å². The average Bonchev–Trinajstić information content (AvgIpc) is 2.09. The van der Waals surface area contributed by atoms with Crippen molar-refractivity contribution in [2.75, 3.05) is 0 Å². The Morgan fingerprint density at radius 3 is 2.07 bits per heavy atom. The molecule has 0 aliphatic carbocycles. The van der Waals surface area contributed by atoms with E-state index in [1.807, 2.05) is 13.8 Å². The van der Waals surface area contributed by atoms with E-state index in [-0.39, 0.29) is 11.5 Å². The van der Waals surface area contributed by atoms with E-state index < -0.39 is 17.7 Å². The van der Waals surface area contributed by atoms with Gasteiger partial charge in [-0.1, -0.05) is 29.8 Å². The summed E-state index contributed by atoms with van der Waals surface area (Å²) in [4.78, 5) is 0. The van der Waals surface area contributed by atoms with Crippen molar-refractivity contribution in [2.24, 2.45) is 11.8 Å². The second kappa shape index (κ2) is 5.01. The van der Waals surface area contributed by atoms with E-state index in [0.29, 0.717) is 4.47 Å². The van der Waals surface area contributed by atoms with Crippen molar-refractivity contribution >= 4 is 15.9 Å². The third-order valence-corrected chi connectivity index (χ3v) is 2.66. The number of benzene rings is 1. The predicted octanol–water partition coefficient (Wildman–Crippen LogP) is 2.89. The summed E-state index contributed by atoms with van der Waals surface area (Å²) in [5, 5.41) is 0. The molecule has 0 saturated heterocycles. The van der Waals surface area contributed by atoms with Gasteiger partial charge in [0.1, 0.15) is 11.6 Å². The average molecular weight is 279 g/mol. The van der Waals surface area contributed by atoms with Gasteiger partial charge in [-0.2, -0.15) is 0 Å². The number of nitrogens with two attached hydrogens (primary N) is 1. The van der Waals surface area contributed by atoms with Gasteiger partial charge >= 0.3 is 0 Å². The van der Waals surface area contributed by atoms with Crippen LogP contribution in [0.2, 0.25) is 0 Å². The van der Waals surface area contributed by atoms with Crippen LogP contribution in [0.25, 0.3) is 0 Å². The van der Waals surface area contributed by atoms with E-state index in [0.717, 1.165) is 0 Å². The van der Waals surface area contributed by atoms with Gasteiger partial charge in [-0.25, -0.2) is 8.78 Å². The quantitative estimate of drug-likeness (QED) is 0.659. The molecule has 1 aromatic carbocycles. The summed E-state index contributed by atoms with van der Waals surface area (Å²) in [5.41, 5.74) is 2.41. The normalized spacial score (nSPS) is 13.3. The summed E-state index contributed by atoms with van der Waals surface area (Å²) in [7, 11) is 0. The summed E-state index contributed by atoms with van der Waals surface area (Å²) in [6.45, 7) is 3.68. The molecule has 0 spiro atoms. The topological polar surface area (TPSA) is 38.0 Å². The molecule has 0 aliphatic rings. The monoisotopic (exact) mass is 278 g/mol. The molecule has 0 heterocycles. The Balaban J connectivity index is 3.23. The zero-order chi connectivity index (χ0) is 11.6. The summed E-state index contributed by atoms with van der Waals surface area (Å²) >= 11 is 3.02. The highest BCUT2D eigenvalue weighted by Crippen LogP contribution is 2.28. The van der Waals surface area contributed by atoms with Gasteiger partial charge in [0.15, 0.2) is 0 Å². The second-order valence-corrected chi connectivity index (χ2v) is 4.59. The van der Waals surface area contributed by atoms with Crippen LogP contribution in [0.5, 0.6) is 0 Å². The zero-order valence-electron chi connectivity index (χ0n) is 8.52. The molecule has 5 heteroatoms. The molecule has 0 fully saturated rings. The van der Waals surface area contributed by atoms with Gasteiger partial charge in [0, 0.05) is 10.0 Å². The van der Waals surface area contributed by atoms with Crippen molar-refractivity contribution in [3.63, 3.8) is 0 Å². The van der Waals surface area contributed by atoms with E-state index in [4.69, 9.17) is 5.84 Å². The molecule has 1 atom stereocenters. The van der Waals surface area contributed by atoms with Crippen molar-refractivity contribution in [1.29, 1.82) is 0 Å². The number of halogens is 3. The molecule has 15 heavy (non-hydrogen) atoms. The van der Waals surface area contributed by atoms with Gasteiger partial charge in [-0.15, -0.1) is 0 Å². The van der Waals surface area contributed by atoms with Crippen molar-refractivity contribution in [3.05, 3.63) is 33.8 Å². The van der Waals surface area contributed by atoms with Crippen LogP contribution in [-0.4, -0.2) is 0 Å². The fourth-order valence-electron chi connectivity index (χ4n) is 1.46. The Kier molecular flexibility index (Phi) is 4.19. The van der Waals surface area contributed by atoms with Gasteiger partial charge in [-0.05, 0) is 18.1 Å². The zero-order valence-corrected chi connectivity index (χ0v) is 10.1. The highest BCUT2D eigenvalue weighted by molar-refractivity contribution is 9.10. The second-order valence-electron chi connectivity index (χ2n) is 3.67. The van der Waals surface area contributed by atoms with Crippen LogP contribution in [0.4, 0.5) is 8.78 Å². The third-order valence-electron chi connectivity index (χ3n) is 2.20. The first-order valence-electron chi connectivity index (χ1n) is 4.58. The van der Waals surface area contributed by atoms with E-state index in [1.165, 1.54) is 12.1 Å². The van der Waals surface area contributed by atoms with Gasteiger partial charge in [0.25, 0.3) is 0 Å². The van der Waals surface area contributed by atoms with Crippen LogP contribution >= 0.6 is 15.9 Å². The molecule has 0 radical (unpaired) electrons. The maximum atomic E-state index is 13.5. The number of hydrogen-bond acceptors (Lipinski definition) is 2. The number of rotatable bonds is 3. The number of nitrogens with one attached hydrogen (secondary N) is 1. The lowest BCUT2D eigenvalue weighted by molar-refractivity contribution is 0.387. The summed E-state index contributed by atoms with van der Waals surface area (Å²) in [6, 6.07) is 1.93. The lowest BCUT2D eigenvalue weighted by Crippen LogP contribution is -2.33. The molecular formula is C10H13BrF2N2. The summed E-state index contributed by atoms with van der Waals surface area (Å²) in [6.07, 6.45) is 0. The summed E-state index contributed by atoms with van der Waals surface area (Å²) < 4.78 is 27.5.